The molecule has 0 spiro atoms. The quantitative estimate of drug-likeness (QED) is 0.0199. The molecule has 3 saturated heterocycles. The number of unbranched alkanes of at least 4 members (excludes halogenated alkanes) is 29. The van der Waals surface area contributed by atoms with E-state index in [0.29, 0.717) is 12.8 Å². The minimum atomic E-state index is -1.98. The molecule has 0 aromatic carbocycles. The Hall–Kier alpha value is -3.29. The summed E-state index contributed by atoms with van der Waals surface area (Å²) in [5.74, 6) is -0.246. The van der Waals surface area contributed by atoms with E-state index in [9.17, 15) is 61.0 Å². The average Bonchev–Trinajstić information content (AvgIpc) is 0.783. The monoisotopic (exact) mass is 1420 g/mol. The second-order valence-electron chi connectivity index (χ2n) is 27.8. The van der Waals surface area contributed by atoms with Crippen molar-refractivity contribution >= 4 is 5.91 Å². The Balaban J connectivity index is 1.34. The molecule has 0 aliphatic carbocycles. The van der Waals surface area contributed by atoms with Crippen LogP contribution in [-0.2, 0) is 33.2 Å². The van der Waals surface area contributed by atoms with Gasteiger partial charge in [-0.05, 0) is 77.0 Å². The fraction of sp³-hybridized carbons (Fsp3) is 0.790. The van der Waals surface area contributed by atoms with Crippen molar-refractivity contribution in [3.8, 4) is 0 Å². The molecule has 0 saturated carbocycles. The molecule has 0 radical (unpaired) electrons. The number of hydrogen-bond acceptors (Lipinski definition) is 18. The van der Waals surface area contributed by atoms with E-state index in [-0.39, 0.29) is 18.9 Å². The molecule has 19 heteroatoms. The van der Waals surface area contributed by atoms with E-state index in [1.165, 1.54) is 141 Å². The number of nitrogens with one attached hydrogen (secondary N) is 1. The zero-order valence-corrected chi connectivity index (χ0v) is 61.6. The van der Waals surface area contributed by atoms with E-state index < -0.39 is 124 Å². The van der Waals surface area contributed by atoms with Crippen LogP contribution in [0.3, 0.4) is 0 Å². The van der Waals surface area contributed by atoms with Gasteiger partial charge < -0.3 is 89.9 Å². The summed E-state index contributed by atoms with van der Waals surface area (Å²) in [7, 11) is 0. The van der Waals surface area contributed by atoms with Crippen LogP contribution in [0.4, 0.5) is 0 Å². The predicted octanol–water partition coefficient (Wildman–Crippen LogP) is 12.8. The van der Waals surface area contributed by atoms with Crippen LogP contribution in [0, 0.1) is 0 Å². The highest BCUT2D eigenvalue weighted by Crippen LogP contribution is 2.33. The van der Waals surface area contributed by atoms with Crippen LogP contribution in [0.2, 0.25) is 0 Å². The maximum absolute atomic E-state index is 13.5. The van der Waals surface area contributed by atoms with Crippen molar-refractivity contribution < 1.29 is 89.4 Å². The van der Waals surface area contributed by atoms with Crippen molar-refractivity contribution in [1.29, 1.82) is 0 Å². The molecule has 3 heterocycles. The second-order valence-corrected chi connectivity index (χ2v) is 27.8. The van der Waals surface area contributed by atoms with E-state index in [0.717, 1.165) is 103 Å². The minimum absolute atomic E-state index is 0.246. The molecule has 3 aliphatic heterocycles. The molecule has 3 rings (SSSR count). The minimum Gasteiger partial charge on any atom is -0.394 e. The number of hydrogen-bond donors (Lipinski definition) is 12. The molecule has 100 heavy (non-hydrogen) atoms. The molecular weight excluding hydrogens is 1270 g/mol. The molecule has 0 aromatic rings. The molecule has 578 valence electrons. The standard InChI is InChI=1S/C81H141NO18/c1-3-5-7-9-11-13-15-17-19-21-23-24-25-26-27-28-29-30-31-32-33-34-35-36-37-38-39-40-41-43-45-47-49-51-53-55-57-59-69(87)82-64(65(86)58-56-54-52-50-48-46-44-42-22-20-18-16-14-12-10-8-6-4-2)63-95-79-75(93)72(90)77(67(61-84)97-79)100-81-76(94)73(91)78(68(62-85)98-81)99-80-74(92)71(89)70(88)66(60-83)96-80/h5,7,11,13,17,19,23-24,26-27,29-30,32-33,35-36,64-68,70-81,83-86,88-94H,3-4,6,8-10,12,14-16,18,20-22,25,28,31,34,37-63H2,1-2H3,(H,82,87)/b7-5-,13-11-,19-17-,24-23-,27-26-,30-29-,33-32-,36-35-. The molecule has 17 atom stereocenters. The summed E-state index contributed by atoms with van der Waals surface area (Å²) in [6, 6.07) is -0.894. The molecule has 0 aromatic heterocycles. The smallest absolute Gasteiger partial charge is 0.220 e. The summed E-state index contributed by atoms with van der Waals surface area (Å²) >= 11 is 0. The number of carbonyl (C=O) groups is 1. The molecule has 3 fully saturated rings. The number of amides is 1. The van der Waals surface area contributed by atoms with Crippen molar-refractivity contribution in [2.24, 2.45) is 0 Å². The highest BCUT2D eigenvalue weighted by molar-refractivity contribution is 5.76. The van der Waals surface area contributed by atoms with Gasteiger partial charge in [0.2, 0.25) is 5.91 Å². The molecular formula is C81H141NO18. The van der Waals surface area contributed by atoms with Gasteiger partial charge in [0.25, 0.3) is 0 Å². The third-order valence-corrected chi connectivity index (χ3v) is 19.2. The summed E-state index contributed by atoms with van der Waals surface area (Å²) in [5.41, 5.74) is 0. The van der Waals surface area contributed by atoms with Crippen LogP contribution in [0.25, 0.3) is 0 Å². The van der Waals surface area contributed by atoms with Crippen molar-refractivity contribution in [2.45, 2.75) is 381 Å². The summed E-state index contributed by atoms with van der Waals surface area (Å²) in [5, 5.41) is 121. The Morgan fingerprint density at radius 1 is 0.370 bits per heavy atom. The first-order valence-electron chi connectivity index (χ1n) is 39.5. The first kappa shape index (κ1) is 90.9. The fourth-order valence-electron chi connectivity index (χ4n) is 12.9. The van der Waals surface area contributed by atoms with Crippen molar-refractivity contribution in [1.82, 2.24) is 5.32 Å². The lowest BCUT2D eigenvalue weighted by Crippen LogP contribution is -2.66. The van der Waals surface area contributed by atoms with Gasteiger partial charge in [0, 0.05) is 6.42 Å². The maximum atomic E-state index is 13.5. The normalized spacial score (nSPS) is 27.0. The highest BCUT2D eigenvalue weighted by atomic mass is 16.8. The molecule has 3 aliphatic rings. The first-order chi connectivity index (χ1) is 48.8. The van der Waals surface area contributed by atoms with Crippen molar-refractivity contribution in [3.63, 3.8) is 0 Å². The molecule has 17 unspecified atom stereocenters. The van der Waals surface area contributed by atoms with E-state index in [2.05, 4.69) is 116 Å². The molecule has 19 nitrogen and oxygen atoms in total. The highest BCUT2D eigenvalue weighted by Gasteiger charge is 2.54. The lowest BCUT2D eigenvalue weighted by atomic mass is 9.96. The van der Waals surface area contributed by atoms with Gasteiger partial charge in [-0.25, -0.2) is 0 Å². The van der Waals surface area contributed by atoms with E-state index in [1.54, 1.807) is 0 Å². The number of allylic oxidation sites excluding steroid dienone is 16. The molecule has 1 amide bonds. The zero-order chi connectivity index (χ0) is 72.5. The lowest BCUT2D eigenvalue weighted by Gasteiger charge is -2.48. The largest absolute Gasteiger partial charge is 0.394 e. The Morgan fingerprint density at radius 2 is 0.690 bits per heavy atom. The Kier molecular flexibility index (Phi) is 55.4. The van der Waals surface area contributed by atoms with Gasteiger partial charge in [-0.1, -0.05) is 291 Å². The van der Waals surface area contributed by atoms with Crippen LogP contribution < -0.4 is 5.32 Å². The van der Waals surface area contributed by atoms with Gasteiger partial charge in [-0.3, -0.25) is 4.79 Å². The van der Waals surface area contributed by atoms with Crippen molar-refractivity contribution in [2.75, 3.05) is 26.4 Å². The predicted molar refractivity (Wildman–Crippen MR) is 397 cm³/mol. The van der Waals surface area contributed by atoms with Gasteiger partial charge in [0.15, 0.2) is 18.9 Å². The lowest BCUT2D eigenvalue weighted by molar-refractivity contribution is -0.379. The van der Waals surface area contributed by atoms with Crippen LogP contribution in [0.5, 0.6) is 0 Å². The summed E-state index contributed by atoms with van der Waals surface area (Å²) < 4.78 is 34.5. The van der Waals surface area contributed by atoms with Crippen LogP contribution >= 0.6 is 0 Å². The van der Waals surface area contributed by atoms with Gasteiger partial charge in [-0.2, -0.15) is 0 Å². The molecule has 0 bridgehead atoms. The average molecular weight is 1420 g/mol. The zero-order valence-electron chi connectivity index (χ0n) is 61.6. The van der Waals surface area contributed by atoms with E-state index in [1.807, 2.05) is 0 Å². The van der Waals surface area contributed by atoms with Crippen LogP contribution in [-0.4, -0.2) is 193 Å². The number of ether oxygens (including phenoxy) is 6. The molecule has 12 N–H and O–H groups in total. The number of carbonyl (C=O) groups excluding carboxylic acids is 1. The summed E-state index contributed by atoms with van der Waals surface area (Å²) in [6.45, 7) is 1.70. The van der Waals surface area contributed by atoms with Crippen molar-refractivity contribution in [3.05, 3.63) is 97.2 Å². The van der Waals surface area contributed by atoms with Crippen LogP contribution in [0.1, 0.15) is 277 Å². The Morgan fingerprint density at radius 3 is 1.08 bits per heavy atom. The fourth-order valence-corrected chi connectivity index (χ4v) is 12.9. The number of rotatable bonds is 61. The summed E-state index contributed by atoms with van der Waals surface area (Å²) in [6.07, 6.45) is 54.8. The Labute approximate surface area is 603 Å². The van der Waals surface area contributed by atoms with Gasteiger partial charge >= 0.3 is 0 Å². The van der Waals surface area contributed by atoms with Gasteiger partial charge in [0.1, 0.15) is 73.2 Å². The topological polar surface area (TPSA) is 307 Å². The van der Waals surface area contributed by atoms with Gasteiger partial charge in [0.05, 0.1) is 38.6 Å². The first-order valence-corrected chi connectivity index (χ1v) is 39.5. The van der Waals surface area contributed by atoms with E-state index >= 15 is 0 Å². The number of aliphatic hydroxyl groups excluding tert-OH is 11. The van der Waals surface area contributed by atoms with Crippen LogP contribution in [0.15, 0.2) is 97.2 Å². The number of aliphatic hydroxyl groups is 11. The SMILES string of the molecule is CC/C=C\C/C=C\C/C=C\C/C=C\C/C=C\C/C=C\C/C=C\C/C=C\CCCCCCCCCCCCCCC(=O)NC(COC1OC(CO)C(OC2OC(CO)C(OC3OC(CO)C(O)C(O)C3O)C(O)C2O)C(O)C1O)C(O)CCCCCCCCCCCCCCCCCCCC. The van der Waals surface area contributed by atoms with E-state index in [4.69, 9.17) is 28.4 Å². The third-order valence-electron chi connectivity index (χ3n) is 19.2. The third kappa shape index (κ3) is 40.8. The Bertz CT molecular complexity index is 2190. The van der Waals surface area contributed by atoms with Gasteiger partial charge in [-0.15, -0.1) is 0 Å². The maximum Gasteiger partial charge on any atom is 0.220 e. The second kappa shape index (κ2) is 60.9. The summed E-state index contributed by atoms with van der Waals surface area (Å²) in [4.78, 5) is 13.5.